The lowest BCUT2D eigenvalue weighted by Crippen LogP contribution is -2.50. The van der Waals surface area contributed by atoms with Crippen molar-refractivity contribution in [2.75, 3.05) is 32.7 Å². The minimum Gasteiger partial charge on any atom is -0.392 e. The van der Waals surface area contributed by atoms with Gasteiger partial charge in [-0.15, -0.1) is 0 Å². The van der Waals surface area contributed by atoms with Crippen LogP contribution < -0.4 is 5.73 Å². The lowest BCUT2D eigenvalue weighted by Gasteiger charge is -2.34. The fourth-order valence-electron chi connectivity index (χ4n) is 2.29. The number of carbonyl (C=O) groups is 1. The van der Waals surface area contributed by atoms with E-state index < -0.39 is 5.82 Å². The minimum absolute atomic E-state index is 0.137. The van der Waals surface area contributed by atoms with Crippen molar-refractivity contribution >= 4 is 23.1 Å². The summed E-state index contributed by atoms with van der Waals surface area (Å²) in [5.41, 5.74) is 6.45. The van der Waals surface area contributed by atoms with Crippen molar-refractivity contribution in [2.24, 2.45) is 5.73 Å². The summed E-state index contributed by atoms with van der Waals surface area (Å²) in [7, 11) is 0. The van der Waals surface area contributed by atoms with Gasteiger partial charge in [0.05, 0.1) is 10.6 Å². The van der Waals surface area contributed by atoms with E-state index in [1.165, 1.54) is 6.07 Å². The van der Waals surface area contributed by atoms with Gasteiger partial charge in [0, 0.05) is 32.7 Å². The van der Waals surface area contributed by atoms with Gasteiger partial charge in [-0.25, -0.2) is 4.39 Å². The maximum absolute atomic E-state index is 13.8. The predicted molar refractivity (Wildman–Crippen MR) is 80.3 cm³/mol. The van der Waals surface area contributed by atoms with E-state index >= 15 is 0 Å². The predicted octanol–water partition coefficient (Wildman–Crippen LogP) is 1.18. The molecule has 20 heavy (non-hydrogen) atoms. The van der Waals surface area contributed by atoms with E-state index in [1.54, 1.807) is 24.0 Å². The molecule has 0 atom stereocenters. The highest BCUT2D eigenvalue weighted by molar-refractivity contribution is 7.80. The number of amides is 1. The van der Waals surface area contributed by atoms with Crippen molar-refractivity contribution in [3.8, 4) is 0 Å². The third-order valence-corrected chi connectivity index (χ3v) is 3.52. The van der Waals surface area contributed by atoms with E-state index in [2.05, 4.69) is 4.90 Å². The molecule has 1 aromatic rings. The standard InChI is InChI=1S/C14H18FN3OS/c1-10-2-3-11(12(15)8-10)14(19)18-6-4-17(5-7-18)9-13(16)20/h2-3,8H,4-7,9H2,1H3,(H2,16,20). The summed E-state index contributed by atoms with van der Waals surface area (Å²) >= 11 is 4.87. The second kappa shape index (κ2) is 6.28. The largest absolute Gasteiger partial charge is 0.392 e. The highest BCUT2D eigenvalue weighted by Crippen LogP contribution is 2.14. The monoisotopic (exact) mass is 295 g/mol. The molecule has 6 heteroatoms. The van der Waals surface area contributed by atoms with E-state index in [0.717, 1.165) is 5.56 Å². The SMILES string of the molecule is Cc1ccc(C(=O)N2CCN(CC(N)=S)CC2)c(F)c1. The smallest absolute Gasteiger partial charge is 0.256 e. The molecule has 1 aliphatic rings. The van der Waals surface area contributed by atoms with E-state index in [0.29, 0.717) is 37.7 Å². The van der Waals surface area contributed by atoms with Crippen LogP contribution in [0.3, 0.4) is 0 Å². The molecule has 1 saturated heterocycles. The molecule has 0 unspecified atom stereocenters. The van der Waals surface area contributed by atoms with Crippen LogP contribution in [0.4, 0.5) is 4.39 Å². The Morgan fingerprint density at radius 2 is 2.00 bits per heavy atom. The summed E-state index contributed by atoms with van der Waals surface area (Å²) < 4.78 is 13.8. The zero-order chi connectivity index (χ0) is 14.7. The fourth-order valence-corrected chi connectivity index (χ4v) is 2.48. The van der Waals surface area contributed by atoms with Crippen LogP contribution >= 0.6 is 12.2 Å². The number of carbonyl (C=O) groups excluding carboxylic acids is 1. The summed E-state index contributed by atoms with van der Waals surface area (Å²) in [6.45, 7) is 4.90. The van der Waals surface area contributed by atoms with Crippen LogP contribution in [0.5, 0.6) is 0 Å². The van der Waals surface area contributed by atoms with Crippen molar-refractivity contribution < 1.29 is 9.18 Å². The molecule has 0 bridgehead atoms. The molecule has 0 spiro atoms. The van der Waals surface area contributed by atoms with E-state index in [9.17, 15) is 9.18 Å². The lowest BCUT2D eigenvalue weighted by atomic mass is 10.1. The third-order valence-electron chi connectivity index (χ3n) is 3.39. The second-order valence-corrected chi connectivity index (χ2v) is 5.54. The quantitative estimate of drug-likeness (QED) is 0.851. The number of hydrogen-bond donors (Lipinski definition) is 1. The Balaban J connectivity index is 1.99. The first-order valence-corrected chi connectivity index (χ1v) is 6.94. The summed E-state index contributed by atoms with van der Waals surface area (Å²) in [5.74, 6) is -0.710. The molecular formula is C14H18FN3OS. The molecular weight excluding hydrogens is 277 g/mol. The van der Waals surface area contributed by atoms with Crippen molar-refractivity contribution in [2.45, 2.75) is 6.92 Å². The third kappa shape index (κ3) is 3.52. The first-order chi connectivity index (χ1) is 9.47. The number of nitrogens with zero attached hydrogens (tertiary/aromatic N) is 2. The van der Waals surface area contributed by atoms with E-state index in [-0.39, 0.29) is 11.5 Å². The molecule has 1 aliphatic heterocycles. The van der Waals surface area contributed by atoms with Gasteiger partial charge in [0.2, 0.25) is 0 Å². The molecule has 2 rings (SSSR count). The normalized spacial score (nSPS) is 16.2. The molecule has 0 radical (unpaired) electrons. The van der Waals surface area contributed by atoms with Gasteiger partial charge in [0.25, 0.3) is 5.91 Å². The molecule has 0 saturated carbocycles. The number of halogens is 1. The highest BCUT2D eigenvalue weighted by atomic mass is 32.1. The summed E-state index contributed by atoms with van der Waals surface area (Å²) in [6, 6.07) is 4.68. The van der Waals surface area contributed by atoms with Crippen molar-refractivity contribution in [1.29, 1.82) is 0 Å². The van der Waals surface area contributed by atoms with Gasteiger partial charge in [-0.1, -0.05) is 18.3 Å². The van der Waals surface area contributed by atoms with Gasteiger partial charge < -0.3 is 10.6 Å². The topological polar surface area (TPSA) is 49.6 Å². The molecule has 1 heterocycles. The number of piperazine rings is 1. The maximum Gasteiger partial charge on any atom is 0.256 e. The Labute approximate surface area is 123 Å². The Kier molecular flexibility index (Phi) is 4.67. The number of thiocarbonyl (C=S) groups is 1. The van der Waals surface area contributed by atoms with Gasteiger partial charge in [0.1, 0.15) is 5.82 Å². The number of hydrogen-bond acceptors (Lipinski definition) is 3. The Morgan fingerprint density at radius 1 is 1.35 bits per heavy atom. The average molecular weight is 295 g/mol. The van der Waals surface area contributed by atoms with Crippen LogP contribution in [-0.2, 0) is 0 Å². The first kappa shape index (κ1) is 14.9. The number of aryl methyl sites for hydroxylation is 1. The Bertz CT molecular complexity index is 527. The highest BCUT2D eigenvalue weighted by Gasteiger charge is 2.24. The average Bonchev–Trinajstić information content (AvgIpc) is 2.38. The zero-order valence-electron chi connectivity index (χ0n) is 11.4. The van der Waals surface area contributed by atoms with Crippen LogP contribution in [0.25, 0.3) is 0 Å². The number of benzene rings is 1. The summed E-state index contributed by atoms with van der Waals surface area (Å²) in [6.07, 6.45) is 0. The molecule has 0 aromatic heterocycles. The Morgan fingerprint density at radius 3 is 2.55 bits per heavy atom. The summed E-state index contributed by atoms with van der Waals surface area (Å²) in [5, 5.41) is 0. The Hall–Kier alpha value is -1.53. The minimum atomic E-state index is -0.458. The molecule has 4 nitrogen and oxygen atoms in total. The van der Waals surface area contributed by atoms with Crippen LogP contribution in [0.15, 0.2) is 18.2 Å². The number of rotatable bonds is 3. The zero-order valence-corrected chi connectivity index (χ0v) is 12.3. The van der Waals surface area contributed by atoms with Gasteiger partial charge in [-0.2, -0.15) is 0 Å². The van der Waals surface area contributed by atoms with Crippen LogP contribution in [0.1, 0.15) is 15.9 Å². The lowest BCUT2D eigenvalue weighted by molar-refractivity contribution is 0.0650. The molecule has 1 amide bonds. The molecule has 1 aromatic carbocycles. The van der Waals surface area contributed by atoms with E-state index in [4.69, 9.17) is 18.0 Å². The van der Waals surface area contributed by atoms with Crippen LogP contribution in [0.2, 0.25) is 0 Å². The molecule has 0 aliphatic carbocycles. The molecule has 2 N–H and O–H groups in total. The molecule has 108 valence electrons. The van der Waals surface area contributed by atoms with Gasteiger partial charge in [0.15, 0.2) is 0 Å². The van der Waals surface area contributed by atoms with Crippen LogP contribution in [0, 0.1) is 12.7 Å². The van der Waals surface area contributed by atoms with Crippen LogP contribution in [-0.4, -0.2) is 53.4 Å². The first-order valence-electron chi connectivity index (χ1n) is 6.53. The van der Waals surface area contributed by atoms with Crippen molar-refractivity contribution in [1.82, 2.24) is 9.80 Å². The van der Waals surface area contributed by atoms with Gasteiger partial charge >= 0.3 is 0 Å². The van der Waals surface area contributed by atoms with Crippen molar-refractivity contribution in [3.05, 3.63) is 35.1 Å². The van der Waals surface area contributed by atoms with E-state index in [1.807, 2.05) is 0 Å². The van der Waals surface area contributed by atoms with Gasteiger partial charge in [-0.05, 0) is 24.6 Å². The van der Waals surface area contributed by atoms with Crippen molar-refractivity contribution in [3.63, 3.8) is 0 Å². The fraction of sp³-hybridized carbons (Fsp3) is 0.429. The van der Waals surface area contributed by atoms with Gasteiger partial charge in [-0.3, -0.25) is 9.69 Å². The summed E-state index contributed by atoms with van der Waals surface area (Å²) in [4.78, 5) is 16.5. The number of nitrogens with two attached hydrogens (primary N) is 1. The second-order valence-electron chi connectivity index (χ2n) is 5.02. The maximum atomic E-state index is 13.8. The molecule has 1 fully saturated rings.